The first-order valence-electron chi connectivity index (χ1n) is 7.26. The van der Waals surface area contributed by atoms with Crippen LogP contribution in [-0.2, 0) is 4.74 Å². The van der Waals surface area contributed by atoms with Crippen LogP contribution < -0.4 is 5.32 Å². The van der Waals surface area contributed by atoms with Gasteiger partial charge in [-0.15, -0.1) is 11.3 Å². The van der Waals surface area contributed by atoms with Gasteiger partial charge in [0, 0.05) is 11.3 Å². The Labute approximate surface area is 128 Å². The van der Waals surface area contributed by atoms with Gasteiger partial charge in [-0.05, 0) is 35.2 Å². The van der Waals surface area contributed by atoms with Crippen molar-refractivity contribution in [2.24, 2.45) is 0 Å². The summed E-state index contributed by atoms with van der Waals surface area (Å²) in [5.41, 5.74) is 1.04. The lowest BCUT2D eigenvalue weighted by Crippen LogP contribution is -2.30. The average molecular weight is 307 g/mol. The van der Waals surface area contributed by atoms with Gasteiger partial charge in [0.05, 0.1) is 12.6 Å². The number of rotatable bonds is 7. The maximum Gasteiger partial charge on any atom is 0.407 e. The zero-order chi connectivity index (χ0) is 15.1. The van der Waals surface area contributed by atoms with E-state index < -0.39 is 6.09 Å². The van der Waals surface area contributed by atoms with E-state index in [4.69, 9.17) is 4.74 Å². The molecule has 0 bridgehead atoms. The van der Waals surface area contributed by atoms with E-state index in [1.54, 1.807) is 11.3 Å². The van der Waals surface area contributed by atoms with Crippen molar-refractivity contribution in [2.75, 3.05) is 13.2 Å². The van der Waals surface area contributed by atoms with Crippen molar-refractivity contribution >= 4 is 27.5 Å². The molecule has 0 aliphatic heterocycles. The number of alkyl carbamates (subject to hydrolysis) is 1. The number of carbonyl (C=O) groups is 1. The smallest absolute Gasteiger partial charge is 0.407 e. The molecule has 2 N–H and O–H groups in total. The number of benzene rings is 1. The Hall–Kier alpha value is -1.59. The van der Waals surface area contributed by atoms with Crippen molar-refractivity contribution in [1.82, 2.24) is 5.32 Å². The summed E-state index contributed by atoms with van der Waals surface area (Å²) in [5, 5.41) is 15.3. The van der Waals surface area contributed by atoms with Crippen LogP contribution in [0.2, 0.25) is 0 Å². The number of thiophene rings is 1. The molecule has 1 aromatic heterocycles. The van der Waals surface area contributed by atoms with Crippen molar-refractivity contribution in [1.29, 1.82) is 0 Å². The number of aliphatic hydroxyl groups is 1. The maximum absolute atomic E-state index is 11.8. The highest BCUT2D eigenvalue weighted by Gasteiger charge is 2.18. The van der Waals surface area contributed by atoms with Crippen molar-refractivity contribution in [2.45, 2.75) is 32.2 Å². The first-order chi connectivity index (χ1) is 10.3. The largest absolute Gasteiger partial charge is 0.450 e. The molecule has 1 amide bonds. The van der Waals surface area contributed by atoms with Crippen LogP contribution in [0, 0.1) is 0 Å². The lowest BCUT2D eigenvalue weighted by molar-refractivity contribution is 0.138. The monoisotopic (exact) mass is 307 g/mol. The van der Waals surface area contributed by atoms with Crippen LogP contribution in [0.4, 0.5) is 4.79 Å². The Morgan fingerprint density at radius 1 is 1.43 bits per heavy atom. The van der Waals surface area contributed by atoms with Crippen molar-refractivity contribution in [3.63, 3.8) is 0 Å². The van der Waals surface area contributed by atoms with E-state index in [2.05, 4.69) is 11.4 Å². The van der Waals surface area contributed by atoms with Crippen LogP contribution in [0.15, 0.2) is 29.6 Å². The Kier molecular flexibility index (Phi) is 6.02. The van der Waals surface area contributed by atoms with E-state index in [1.807, 2.05) is 30.5 Å². The summed E-state index contributed by atoms with van der Waals surface area (Å²) in [6.07, 6.45) is 1.91. The van der Waals surface area contributed by atoms with Gasteiger partial charge < -0.3 is 15.2 Å². The molecule has 0 saturated heterocycles. The number of hydrogen-bond acceptors (Lipinski definition) is 4. The summed E-state index contributed by atoms with van der Waals surface area (Å²) in [4.78, 5) is 11.8. The van der Waals surface area contributed by atoms with Gasteiger partial charge in [0.15, 0.2) is 0 Å². The lowest BCUT2D eigenvalue weighted by Gasteiger charge is -2.17. The highest BCUT2D eigenvalue weighted by Crippen LogP contribution is 2.31. The van der Waals surface area contributed by atoms with Gasteiger partial charge >= 0.3 is 6.09 Å². The van der Waals surface area contributed by atoms with E-state index in [-0.39, 0.29) is 12.6 Å². The van der Waals surface area contributed by atoms with E-state index in [0.717, 1.165) is 23.8 Å². The summed E-state index contributed by atoms with van der Waals surface area (Å²) in [7, 11) is 0. The van der Waals surface area contributed by atoms with Crippen LogP contribution in [0.1, 0.15) is 37.8 Å². The molecular weight excluding hydrogens is 286 g/mol. The second kappa shape index (κ2) is 8.00. The Morgan fingerprint density at radius 3 is 3.00 bits per heavy atom. The van der Waals surface area contributed by atoms with Gasteiger partial charge in [-0.1, -0.05) is 31.5 Å². The summed E-state index contributed by atoms with van der Waals surface area (Å²) >= 11 is 1.64. The molecule has 4 nitrogen and oxygen atoms in total. The molecule has 0 saturated carbocycles. The molecular formula is C16H21NO3S. The second-order valence-corrected chi connectivity index (χ2v) is 5.80. The number of ether oxygens (including phenoxy) is 1. The quantitative estimate of drug-likeness (QED) is 0.764. The second-order valence-electron chi connectivity index (χ2n) is 4.89. The maximum atomic E-state index is 11.8. The lowest BCUT2D eigenvalue weighted by atomic mass is 10.0. The Balaban J connectivity index is 2.09. The Bertz CT molecular complexity index is 582. The molecule has 0 aliphatic rings. The number of carbonyl (C=O) groups excluding carboxylic acids is 1. The van der Waals surface area contributed by atoms with Gasteiger partial charge in [-0.3, -0.25) is 0 Å². The van der Waals surface area contributed by atoms with E-state index in [0.29, 0.717) is 13.0 Å². The molecule has 2 rings (SSSR count). The van der Waals surface area contributed by atoms with Crippen molar-refractivity contribution < 1.29 is 14.6 Å². The van der Waals surface area contributed by atoms with Crippen LogP contribution in [-0.4, -0.2) is 24.4 Å². The topological polar surface area (TPSA) is 58.6 Å². The third-order valence-electron chi connectivity index (χ3n) is 3.33. The fourth-order valence-corrected chi connectivity index (χ4v) is 3.21. The summed E-state index contributed by atoms with van der Waals surface area (Å²) in [6, 6.07) is 7.85. The first-order valence-corrected chi connectivity index (χ1v) is 8.14. The third-order valence-corrected chi connectivity index (χ3v) is 4.31. The summed E-state index contributed by atoms with van der Waals surface area (Å²) < 4.78 is 6.32. The number of amides is 1. The minimum absolute atomic E-state index is 0.0179. The molecule has 1 heterocycles. The summed E-state index contributed by atoms with van der Waals surface area (Å²) in [6.45, 7) is 2.50. The number of fused-ring (bicyclic) bond motifs is 1. The molecule has 2 aromatic rings. The predicted octanol–water partition coefficient (Wildman–Crippen LogP) is 3.85. The predicted molar refractivity (Wildman–Crippen MR) is 85.7 cm³/mol. The first kappa shape index (κ1) is 15.8. The molecule has 114 valence electrons. The minimum Gasteiger partial charge on any atom is -0.450 e. The van der Waals surface area contributed by atoms with Gasteiger partial charge in [0.1, 0.15) is 0 Å². The molecule has 21 heavy (non-hydrogen) atoms. The van der Waals surface area contributed by atoms with E-state index in [1.165, 1.54) is 4.70 Å². The van der Waals surface area contributed by atoms with Gasteiger partial charge in [-0.2, -0.15) is 0 Å². The highest BCUT2D eigenvalue weighted by atomic mass is 32.1. The Morgan fingerprint density at radius 2 is 2.24 bits per heavy atom. The third kappa shape index (κ3) is 4.19. The van der Waals surface area contributed by atoms with Crippen molar-refractivity contribution in [3.8, 4) is 0 Å². The number of nitrogens with one attached hydrogen (secondary N) is 1. The van der Waals surface area contributed by atoms with Gasteiger partial charge in [0.2, 0.25) is 0 Å². The molecule has 0 radical (unpaired) electrons. The van der Waals surface area contributed by atoms with E-state index >= 15 is 0 Å². The number of unbranched alkanes of at least 4 members (excludes halogenated alkanes) is 1. The minimum atomic E-state index is -0.419. The number of hydrogen-bond donors (Lipinski definition) is 2. The molecule has 0 spiro atoms. The van der Waals surface area contributed by atoms with E-state index in [9.17, 15) is 9.90 Å². The molecule has 1 atom stereocenters. The standard InChI is InChI=1S/C16H21NO3S/c1-2-3-10-20-16(19)17-14(8-9-18)13-11-21-15-7-5-4-6-12(13)15/h4-7,11,14,18H,2-3,8-10H2,1H3,(H,17,19). The van der Waals surface area contributed by atoms with Crippen LogP contribution >= 0.6 is 11.3 Å². The molecule has 0 aliphatic carbocycles. The van der Waals surface area contributed by atoms with Crippen LogP contribution in [0.5, 0.6) is 0 Å². The fraction of sp³-hybridized carbons (Fsp3) is 0.438. The van der Waals surface area contributed by atoms with Crippen molar-refractivity contribution in [3.05, 3.63) is 35.2 Å². The molecule has 1 unspecified atom stereocenters. The van der Waals surface area contributed by atoms with Gasteiger partial charge in [-0.25, -0.2) is 4.79 Å². The molecule has 1 aromatic carbocycles. The highest BCUT2D eigenvalue weighted by molar-refractivity contribution is 7.17. The average Bonchev–Trinajstić information content (AvgIpc) is 2.91. The zero-order valence-electron chi connectivity index (χ0n) is 12.2. The van der Waals surface area contributed by atoms with Gasteiger partial charge in [0.25, 0.3) is 0 Å². The van der Waals surface area contributed by atoms with Crippen LogP contribution in [0.25, 0.3) is 10.1 Å². The molecule has 0 fully saturated rings. The van der Waals surface area contributed by atoms with Crippen LogP contribution in [0.3, 0.4) is 0 Å². The molecule has 5 heteroatoms. The SMILES string of the molecule is CCCCOC(=O)NC(CCO)c1csc2ccccc12. The summed E-state index contributed by atoms with van der Waals surface area (Å²) in [5.74, 6) is 0. The fourth-order valence-electron chi connectivity index (χ4n) is 2.20. The number of aliphatic hydroxyl groups excluding tert-OH is 1. The zero-order valence-corrected chi connectivity index (χ0v) is 13.0. The normalized spacial score (nSPS) is 12.3.